The van der Waals surface area contributed by atoms with Gasteiger partial charge in [0.2, 0.25) is 0 Å². The lowest BCUT2D eigenvalue weighted by atomic mass is 9.72. The molecule has 3 aliphatic rings. The van der Waals surface area contributed by atoms with Crippen molar-refractivity contribution in [1.82, 2.24) is 0 Å². The van der Waals surface area contributed by atoms with Crippen LogP contribution in [0.1, 0.15) is 71.1 Å². The molecule has 0 aromatic heterocycles. The van der Waals surface area contributed by atoms with E-state index >= 15 is 0 Å². The van der Waals surface area contributed by atoms with Crippen molar-refractivity contribution in [2.75, 3.05) is 6.61 Å². The van der Waals surface area contributed by atoms with Gasteiger partial charge in [-0.15, -0.1) is 6.58 Å². The third kappa shape index (κ3) is 2.69. The minimum absolute atomic E-state index is 0.00922. The van der Waals surface area contributed by atoms with Gasteiger partial charge in [0.15, 0.2) is 5.79 Å². The van der Waals surface area contributed by atoms with Gasteiger partial charge in [0.05, 0.1) is 12.7 Å². The van der Waals surface area contributed by atoms with Crippen LogP contribution in [0, 0.1) is 11.3 Å². The third-order valence-corrected chi connectivity index (χ3v) is 5.80. The smallest absolute Gasteiger partial charge is 0.168 e. The fourth-order valence-electron chi connectivity index (χ4n) is 4.37. The molecule has 0 aromatic rings. The summed E-state index contributed by atoms with van der Waals surface area (Å²) in [4.78, 5) is 0. The van der Waals surface area contributed by atoms with E-state index in [1.807, 2.05) is 0 Å². The van der Waals surface area contributed by atoms with Gasteiger partial charge in [-0.1, -0.05) is 38.7 Å². The van der Waals surface area contributed by atoms with Crippen LogP contribution in [0.15, 0.2) is 12.7 Å². The number of hydrogen-bond acceptors (Lipinski definition) is 2. The quantitative estimate of drug-likeness (QED) is 0.673. The Morgan fingerprint density at radius 1 is 1.00 bits per heavy atom. The van der Waals surface area contributed by atoms with Crippen molar-refractivity contribution < 1.29 is 9.47 Å². The summed E-state index contributed by atoms with van der Waals surface area (Å²) in [5, 5.41) is 0. The van der Waals surface area contributed by atoms with E-state index in [0.717, 1.165) is 19.4 Å². The lowest BCUT2D eigenvalue weighted by molar-refractivity contribution is -0.343. The zero-order valence-corrected chi connectivity index (χ0v) is 13.0. The van der Waals surface area contributed by atoms with Gasteiger partial charge in [0.25, 0.3) is 0 Å². The van der Waals surface area contributed by atoms with Gasteiger partial charge in [-0.2, -0.15) is 0 Å². The van der Waals surface area contributed by atoms with E-state index in [1.165, 1.54) is 51.4 Å². The van der Waals surface area contributed by atoms with Gasteiger partial charge in [0, 0.05) is 18.3 Å². The molecule has 3 fully saturated rings. The molecule has 1 spiro atoms. The molecular formula is C18H30O2. The Morgan fingerprint density at radius 3 is 2.30 bits per heavy atom. The lowest BCUT2D eigenvalue weighted by Gasteiger charge is -2.53. The summed E-state index contributed by atoms with van der Waals surface area (Å²) in [7, 11) is 0. The predicted octanol–water partition coefficient (Wildman–Crippen LogP) is 4.83. The maximum Gasteiger partial charge on any atom is 0.168 e. The first-order valence-corrected chi connectivity index (χ1v) is 8.63. The van der Waals surface area contributed by atoms with Crippen LogP contribution in [0.2, 0.25) is 0 Å². The summed E-state index contributed by atoms with van der Waals surface area (Å²) in [6, 6.07) is 0. The first kappa shape index (κ1) is 14.6. The highest BCUT2D eigenvalue weighted by Crippen LogP contribution is 2.47. The first-order chi connectivity index (χ1) is 9.68. The topological polar surface area (TPSA) is 18.5 Å². The molecule has 2 heteroatoms. The molecular weight excluding hydrogens is 248 g/mol. The molecule has 0 N–H and O–H groups in total. The largest absolute Gasteiger partial charge is 0.349 e. The minimum atomic E-state index is -0.261. The second kappa shape index (κ2) is 5.81. The van der Waals surface area contributed by atoms with Crippen LogP contribution in [-0.2, 0) is 9.47 Å². The van der Waals surface area contributed by atoms with Crippen LogP contribution in [-0.4, -0.2) is 18.5 Å². The molecule has 2 aliphatic carbocycles. The summed E-state index contributed by atoms with van der Waals surface area (Å²) in [6.45, 7) is 7.14. The average Bonchev–Trinajstić information content (AvgIpc) is 2.52. The molecule has 1 heterocycles. The summed E-state index contributed by atoms with van der Waals surface area (Å²) >= 11 is 0. The number of rotatable bonds is 2. The molecule has 0 unspecified atom stereocenters. The van der Waals surface area contributed by atoms with Crippen LogP contribution >= 0.6 is 0 Å². The van der Waals surface area contributed by atoms with Crippen molar-refractivity contribution in [1.29, 1.82) is 0 Å². The van der Waals surface area contributed by atoms with E-state index in [4.69, 9.17) is 9.47 Å². The first-order valence-electron chi connectivity index (χ1n) is 8.63. The second-order valence-corrected chi connectivity index (χ2v) is 7.41. The van der Waals surface area contributed by atoms with E-state index in [-0.39, 0.29) is 11.2 Å². The Hall–Kier alpha value is -0.340. The van der Waals surface area contributed by atoms with Gasteiger partial charge in [-0.3, -0.25) is 0 Å². The average molecular weight is 278 g/mol. The standard InChI is InChI=1S/C18H30O2/c1-3-17(2)14-19-18(12-8-5-9-13-18)20-16(17)15-10-6-4-7-11-15/h3,15-16H,1,4-14H2,2H3/t16-,17+/m1/s1. The van der Waals surface area contributed by atoms with E-state index in [9.17, 15) is 0 Å². The van der Waals surface area contributed by atoms with Crippen molar-refractivity contribution in [3.05, 3.63) is 12.7 Å². The fourth-order valence-corrected chi connectivity index (χ4v) is 4.37. The molecule has 3 rings (SSSR count). The van der Waals surface area contributed by atoms with E-state index < -0.39 is 0 Å². The number of hydrogen-bond donors (Lipinski definition) is 0. The third-order valence-electron chi connectivity index (χ3n) is 5.80. The zero-order chi connectivity index (χ0) is 14.1. The molecule has 0 bridgehead atoms. The Labute approximate surface area is 123 Å². The molecule has 1 saturated heterocycles. The van der Waals surface area contributed by atoms with Crippen molar-refractivity contribution in [2.24, 2.45) is 11.3 Å². The molecule has 0 amide bonds. The minimum Gasteiger partial charge on any atom is -0.349 e. The van der Waals surface area contributed by atoms with Crippen LogP contribution in [0.25, 0.3) is 0 Å². The molecule has 0 radical (unpaired) electrons. The van der Waals surface area contributed by atoms with Crippen molar-refractivity contribution in [2.45, 2.75) is 83.0 Å². The monoisotopic (exact) mass is 278 g/mol. The summed E-state index contributed by atoms with van der Waals surface area (Å²) in [5.74, 6) is 0.442. The van der Waals surface area contributed by atoms with Gasteiger partial charge < -0.3 is 9.47 Å². The van der Waals surface area contributed by atoms with Crippen molar-refractivity contribution >= 4 is 0 Å². The molecule has 1 aliphatic heterocycles. The molecule has 20 heavy (non-hydrogen) atoms. The SMILES string of the molecule is C=C[C@@]1(C)COC2(CCCCC2)O[C@@H]1C1CCCCC1. The summed E-state index contributed by atoms with van der Waals surface area (Å²) < 4.78 is 12.9. The van der Waals surface area contributed by atoms with Crippen LogP contribution in [0.5, 0.6) is 0 Å². The number of ether oxygens (including phenoxy) is 2. The molecule has 114 valence electrons. The second-order valence-electron chi connectivity index (χ2n) is 7.41. The predicted molar refractivity (Wildman–Crippen MR) is 81.5 cm³/mol. The van der Waals surface area contributed by atoms with Gasteiger partial charge >= 0.3 is 0 Å². The van der Waals surface area contributed by atoms with Crippen LogP contribution in [0.4, 0.5) is 0 Å². The Bertz CT molecular complexity index is 339. The maximum absolute atomic E-state index is 6.67. The highest BCUT2D eigenvalue weighted by Gasteiger charge is 2.50. The Kier molecular flexibility index (Phi) is 4.24. The zero-order valence-electron chi connectivity index (χ0n) is 13.0. The highest BCUT2D eigenvalue weighted by atomic mass is 16.7. The van der Waals surface area contributed by atoms with Crippen LogP contribution < -0.4 is 0 Å². The highest BCUT2D eigenvalue weighted by molar-refractivity contribution is 5.04. The maximum atomic E-state index is 6.67. The van der Waals surface area contributed by atoms with Gasteiger partial charge in [-0.05, 0) is 31.6 Å². The Balaban J connectivity index is 1.78. The fraction of sp³-hybridized carbons (Fsp3) is 0.889. The van der Waals surface area contributed by atoms with Crippen molar-refractivity contribution in [3.63, 3.8) is 0 Å². The van der Waals surface area contributed by atoms with Gasteiger partial charge in [0.1, 0.15) is 0 Å². The van der Waals surface area contributed by atoms with E-state index in [1.54, 1.807) is 0 Å². The van der Waals surface area contributed by atoms with Crippen molar-refractivity contribution in [3.8, 4) is 0 Å². The molecule has 2 nitrogen and oxygen atoms in total. The molecule has 2 saturated carbocycles. The summed E-state index contributed by atoms with van der Waals surface area (Å²) in [5.41, 5.74) is -0.00922. The molecule has 2 atom stereocenters. The lowest BCUT2D eigenvalue weighted by Crippen LogP contribution is -2.56. The van der Waals surface area contributed by atoms with E-state index in [2.05, 4.69) is 19.6 Å². The van der Waals surface area contributed by atoms with E-state index in [0.29, 0.717) is 12.0 Å². The summed E-state index contributed by atoms with van der Waals surface area (Å²) in [6.07, 6.45) is 15.2. The molecule has 0 aromatic carbocycles. The Morgan fingerprint density at radius 2 is 1.65 bits per heavy atom. The van der Waals surface area contributed by atoms with Crippen LogP contribution in [0.3, 0.4) is 0 Å². The normalized spacial score (nSPS) is 38.8. The van der Waals surface area contributed by atoms with Gasteiger partial charge in [-0.25, -0.2) is 0 Å².